The molecule has 2 saturated heterocycles. The van der Waals surface area contributed by atoms with Gasteiger partial charge in [-0.1, -0.05) is 19.4 Å². The molecule has 2 fully saturated rings. The molecule has 0 aliphatic carbocycles. The van der Waals surface area contributed by atoms with E-state index in [9.17, 15) is 28.1 Å². The van der Waals surface area contributed by atoms with E-state index in [-0.39, 0.29) is 36.2 Å². The largest absolute Gasteiger partial charge is 0.326 e. The third-order valence-electron chi connectivity index (χ3n) is 5.02. The van der Waals surface area contributed by atoms with E-state index in [1.807, 2.05) is 11.8 Å². The summed E-state index contributed by atoms with van der Waals surface area (Å²) in [5.74, 6) is -0.261. The standard InChI is InChI=1S/C17H23N5O6S/c1-2-4-15-16(23)21(17(24)18-15)12-19-7-9-20(10-8-19)29(27,28)14-6-3-5-13(11-14)22(25)26/h3,5-6,11,15H,2,4,7-10,12H2,1H3,(H,18,24)/t15-/m0/s1. The lowest BCUT2D eigenvalue weighted by Gasteiger charge is -2.35. The van der Waals surface area contributed by atoms with Crippen LogP contribution in [0.25, 0.3) is 0 Å². The molecule has 2 aliphatic heterocycles. The molecular weight excluding hydrogens is 402 g/mol. The predicted octanol–water partition coefficient (Wildman–Crippen LogP) is 0.579. The zero-order chi connectivity index (χ0) is 21.2. The van der Waals surface area contributed by atoms with Crippen molar-refractivity contribution in [3.63, 3.8) is 0 Å². The van der Waals surface area contributed by atoms with Crippen LogP contribution < -0.4 is 5.32 Å². The van der Waals surface area contributed by atoms with Gasteiger partial charge in [-0.15, -0.1) is 0 Å². The van der Waals surface area contributed by atoms with Crippen LogP contribution in [0.1, 0.15) is 19.8 Å². The fourth-order valence-corrected chi connectivity index (χ4v) is 4.88. The predicted molar refractivity (Wildman–Crippen MR) is 102 cm³/mol. The maximum absolute atomic E-state index is 12.8. The van der Waals surface area contributed by atoms with Gasteiger partial charge in [0.2, 0.25) is 10.0 Å². The summed E-state index contributed by atoms with van der Waals surface area (Å²) in [5.41, 5.74) is -0.287. The van der Waals surface area contributed by atoms with Gasteiger partial charge in [-0.2, -0.15) is 4.31 Å². The number of imide groups is 1. The van der Waals surface area contributed by atoms with Gasteiger partial charge in [-0.25, -0.2) is 18.1 Å². The second-order valence-electron chi connectivity index (χ2n) is 6.98. The number of carbonyl (C=O) groups is 2. The Balaban J connectivity index is 1.62. The number of non-ortho nitro benzene ring substituents is 1. The number of amides is 3. The highest BCUT2D eigenvalue weighted by Crippen LogP contribution is 2.22. The van der Waals surface area contributed by atoms with E-state index in [1.165, 1.54) is 22.5 Å². The van der Waals surface area contributed by atoms with Crippen LogP contribution in [0.5, 0.6) is 0 Å². The molecule has 2 heterocycles. The van der Waals surface area contributed by atoms with Crippen LogP contribution >= 0.6 is 0 Å². The van der Waals surface area contributed by atoms with Gasteiger partial charge in [-0.05, 0) is 12.5 Å². The number of piperazine rings is 1. The first-order valence-corrected chi connectivity index (χ1v) is 10.8. The Morgan fingerprint density at radius 1 is 1.21 bits per heavy atom. The molecule has 0 bridgehead atoms. The number of sulfonamides is 1. The monoisotopic (exact) mass is 425 g/mol. The summed E-state index contributed by atoms with van der Waals surface area (Å²) in [6, 6.07) is 4.02. The van der Waals surface area contributed by atoms with Crippen LogP contribution in [0.3, 0.4) is 0 Å². The van der Waals surface area contributed by atoms with Gasteiger partial charge >= 0.3 is 6.03 Å². The van der Waals surface area contributed by atoms with Gasteiger partial charge in [0, 0.05) is 38.3 Å². The van der Waals surface area contributed by atoms with Crippen molar-refractivity contribution in [2.75, 3.05) is 32.8 Å². The van der Waals surface area contributed by atoms with E-state index in [0.717, 1.165) is 17.4 Å². The van der Waals surface area contributed by atoms with E-state index in [2.05, 4.69) is 5.32 Å². The van der Waals surface area contributed by atoms with E-state index < -0.39 is 27.0 Å². The van der Waals surface area contributed by atoms with E-state index in [4.69, 9.17) is 0 Å². The smallest absolute Gasteiger partial charge is 0.325 e. The van der Waals surface area contributed by atoms with Crippen molar-refractivity contribution >= 4 is 27.6 Å². The first kappa shape index (κ1) is 21.1. The number of carbonyl (C=O) groups excluding carboxylic acids is 2. The fraction of sp³-hybridized carbons (Fsp3) is 0.529. The number of nitro benzene ring substituents is 1. The van der Waals surface area contributed by atoms with Crippen molar-refractivity contribution in [3.05, 3.63) is 34.4 Å². The van der Waals surface area contributed by atoms with Crippen LogP contribution in [0.15, 0.2) is 29.2 Å². The highest BCUT2D eigenvalue weighted by molar-refractivity contribution is 7.89. The highest BCUT2D eigenvalue weighted by atomic mass is 32.2. The van der Waals surface area contributed by atoms with Crippen molar-refractivity contribution in [3.8, 4) is 0 Å². The summed E-state index contributed by atoms with van der Waals surface area (Å²) < 4.78 is 26.8. The maximum Gasteiger partial charge on any atom is 0.325 e. The SMILES string of the molecule is CCC[C@@H]1NC(=O)N(CN2CCN(S(=O)(=O)c3cccc([N+](=O)[O-])c3)CC2)C1=O. The minimum Gasteiger partial charge on any atom is -0.326 e. The molecule has 1 atom stereocenters. The molecule has 3 rings (SSSR count). The van der Waals surface area contributed by atoms with Crippen LogP contribution in [0, 0.1) is 10.1 Å². The first-order valence-electron chi connectivity index (χ1n) is 9.33. The topological polar surface area (TPSA) is 133 Å². The van der Waals surface area contributed by atoms with Crippen molar-refractivity contribution in [2.45, 2.75) is 30.7 Å². The zero-order valence-corrected chi connectivity index (χ0v) is 16.8. The van der Waals surface area contributed by atoms with Gasteiger partial charge in [-0.3, -0.25) is 19.8 Å². The van der Waals surface area contributed by atoms with Crippen LogP contribution in [0.2, 0.25) is 0 Å². The van der Waals surface area contributed by atoms with Crippen molar-refractivity contribution in [1.82, 2.24) is 19.4 Å². The van der Waals surface area contributed by atoms with Gasteiger partial charge < -0.3 is 5.32 Å². The fourth-order valence-electron chi connectivity index (χ4n) is 3.41. The molecule has 12 heteroatoms. The average Bonchev–Trinajstić information content (AvgIpc) is 2.96. The molecule has 2 aliphatic rings. The second kappa shape index (κ2) is 8.43. The molecule has 158 valence electrons. The third-order valence-corrected chi connectivity index (χ3v) is 6.92. The molecule has 0 spiro atoms. The summed E-state index contributed by atoms with van der Waals surface area (Å²) in [5, 5.41) is 13.6. The Morgan fingerprint density at radius 2 is 1.90 bits per heavy atom. The molecule has 1 aromatic rings. The quantitative estimate of drug-likeness (QED) is 0.384. The average molecular weight is 425 g/mol. The van der Waals surface area contributed by atoms with E-state index in [0.29, 0.717) is 19.5 Å². The summed E-state index contributed by atoms with van der Waals surface area (Å²) in [7, 11) is -3.86. The lowest BCUT2D eigenvalue weighted by atomic mass is 10.2. The number of hydrogen-bond donors (Lipinski definition) is 1. The molecule has 1 aromatic carbocycles. The Kier molecular flexibility index (Phi) is 6.15. The van der Waals surface area contributed by atoms with Crippen LogP contribution in [0.4, 0.5) is 10.5 Å². The maximum atomic E-state index is 12.8. The van der Waals surface area contributed by atoms with Gasteiger partial charge in [0.25, 0.3) is 11.6 Å². The first-order chi connectivity index (χ1) is 13.7. The summed E-state index contributed by atoms with van der Waals surface area (Å²) in [6.45, 7) is 3.03. The molecule has 0 unspecified atom stereocenters. The molecule has 3 amide bonds. The number of nitro groups is 1. The van der Waals surface area contributed by atoms with Crippen LogP contribution in [-0.2, 0) is 14.8 Å². The minimum atomic E-state index is -3.86. The Labute approximate surface area is 168 Å². The number of hydrogen-bond acceptors (Lipinski definition) is 7. The number of benzene rings is 1. The van der Waals surface area contributed by atoms with Gasteiger partial charge in [0.05, 0.1) is 16.5 Å². The van der Waals surface area contributed by atoms with E-state index >= 15 is 0 Å². The number of rotatable bonds is 7. The second-order valence-corrected chi connectivity index (χ2v) is 8.91. The summed E-state index contributed by atoms with van der Waals surface area (Å²) >= 11 is 0. The summed E-state index contributed by atoms with van der Waals surface area (Å²) in [6.07, 6.45) is 1.36. The Morgan fingerprint density at radius 3 is 2.52 bits per heavy atom. The molecule has 0 aromatic heterocycles. The highest BCUT2D eigenvalue weighted by Gasteiger charge is 2.39. The molecule has 1 N–H and O–H groups in total. The molecule has 11 nitrogen and oxygen atoms in total. The third kappa shape index (κ3) is 4.38. The van der Waals surface area contributed by atoms with Gasteiger partial charge in [0.15, 0.2) is 0 Å². The lowest BCUT2D eigenvalue weighted by molar-refractivity contribution is -0.385. The van der Waals surface area contributed by atoms with Gasteiger partial charge in [0.1, 0.15) is 6.04 Å². The normalized spacial score (nSPS) is 21.4. The number of nitrogens with zero attached hydrogens (tertiary/aromatic N) is 4. The van der Waals surface area contributed by atoms with Crippen LogP contribution in [-0.4, -0.2) is 78.3 Å². The molecule has 29 heavy (non-hydrogen) atoms. The number of nitrogens with one attached hydrogen (secondary N) is 1. The Hall–Kier alpha value is -2.57. The molecular formula is C17H23N5O6S. The van der Waals surface area contributed by atoms with Crippen molar-refractivity contribution in [2.24, 2.45) is 0 Å². The van der Waals surface area contributed by atoms with E-state index in [1.54, 1.807) is 0 Å². The van der Waals surface area contributed by atoms with Crippen molar-refractivity contribution in [1.29, 1.82) is 0 Å². The Bertz CT molecular complexity index is 913. The minimum absolute atomic E-state index is 0.107. The molecule has 0 saturated carbocycles. The molecule has 0 radical (unpaired) electrons. The lowest BCUT2D eigenvalue weighted by Crippen LogP contribution is -2.52. The van der Waals surface area contributed by atoms with Crippen molar-refractivity contribution < 1.29 is 22.9 Å². The zero-order valence-electron chi connectivity index (χ0n) is 16.0. The summed E-state index contributed by atoms with van der Waals surface area (Å²) in [4.78, 5) is 37.5. The number of urea groups is 1.